The molecular formula is C17H16F2N2O. The Balaban J connectivity index is 2.06. The Morgan fingerprint density at radius 1 is 1.14 bits per heavy atom. The smallest absolute Gasteiger partial charge is 0.150 e. The third kappa shape index (κ3) is 3.95. The highest BCUT2D eigenvalue weighted by Gasteiger charge is 2.11. The van der Waals surface area contributed by atoms with Crippen molar-refractivity contribution in [1.82, 2.24) is 0 Å². The van der Waals surface area contributed by atoms with Gasteiger partial charge in [0.2, 0.25) is 0 Å². The van der Waals surface area contributed by atoms with Gasteiger partial charge in [-0.1, -0.05) is 12.1 Å². The van der Waals surface area contributed by atoms with Crippen LogP contribution in [0.3, 0.4) is 0 Å². The summed E-state index contributed by atoms with van der Waals surface area (Å²) < 4.78 is 33.0. The highest BCUT2D eigenvalue weighted by molar-refractivity contribution is 5.50. The van der Waals surface area contributed by atoms with Crippen LogP contribution < -0.4 is 10.1 Å². The molecule has 0 aliphatic rings. The molecule has 0 unspecified atom stereocenters. The Morgan fingerprint density at radius 3 is 2.23 bits per heavy atom. The Hall–Kier alpha value is -2.61. The molecule has 0 heterocycles. The van der Waals surface area contributed by atoms with Gasteiger partial charge in [-0.2, -0.15) is 5.26 Å². The van der Waals surface area contributed by atoms with E-state index in [0.29, 0.717) is 0 Å². The van der Waals surface area contributed by atoms with Crippen LogP contribution in [-0.2, 0) is 6.54 Å². The lowest BCUT2D eigenvalue weighted by Gasteiger charge is -2.11. The van der Waals surface area contributed by atoms with E-state index in [-0.39, 0.29) is 23.9 Å². The van der Waals surface area contributed by atoms with Gasteiger partial charge in [-0.3, -0.25) is 0 Å². The number of hydrogen-bond acceptors (Lipinski definition) is 3. The molecule has 2 rings (SSSR count). The molecule has 0 saturated heterocycles. The molecule has 0 bridgehead atoms. The predicted molar refractivity (Wildman–Crippen MR) is 80.6 cm³/mol. The minimum atomic E-state index is -0.781. The van der Waals surface area contributed by atoms with Crippen molar-refractivity contribution in [2.24, 2.45) is 0 Å². The van der Waals surface area contributed by atoms with E-state index < -0.39 is 11.6 Å². The number of rotatable bonds is 5. The van der Waals surface area contributed by atoms with E-state index in [1.54, 1.807) is 6.07 Å². The summed E-state index contributed by atoms with van der Waals surface area (Å²) in [7, 11) is 0. The summed E-state index contributed by atoms with van der Waals surface area (Å²) >= 11 is 0. The molecule has 0 aromatic heterocycles. The first-order valence-electron chi connectivity index (χ1n) is 6.88. The van der Waals surface area contributed by atoms with Crippen molar-refractivity contribution < 1.29 is 13.5 Å². The van der Waals surface area contributed by atoms with E-state index in [2.05, 4.69) is 5.32 Å². The lowest BCUT2D eigenvalue weighted by atomic mass is 10.1. The predicted octanol–water partition coefficient (Wildman–Crippen LogP) is 4.24. The zero-order valence-electron chi connectivity index (χ0n) is 12.4. The van der Waals surface area contributed by atoms with Crippen molar-refractivity contribution in [3.05, 3.63) is 59.2 Å². The van der Waals surface area contributed by atoms with E-state index >= 15 is 0 Å². The molecule has 0 fully saturated rings. The second-order valence-electron chi connectivity index (χ2n) is 5.09. The molecule has 1 N–H and O–H groups in total. The Bertz CT molecular complexity index is 668. The first kappa shape index (κ1) is 15.8. The van der Waals surface area contributed by atoms with E-state index in [1.165, 1.54) is 0 Å². The molecule has 0 atom stereocenters. The average molecular weight is 302 g/mol. The molecule has 5 heteroatoms. The van der Waals surface area contributed by atoms with Crippen molar-refractivity contribution in [2.45, 2.75) is 26.5 Å². The van der Waals surface area contributed by atoms with Gasteiger partial charge in [-0.25, -0.2) is 8.78 Å². The third-order valence-electron chi connectivity index (χ3n) is 2.94. The van der Waals surface area contributed by atoms with Crippen molar-refractivity contribution >= 4 is 5.69 Å². The van der Waals surface area contributed by atoms with Crippen LogP contribution in [0.4, 0.5) is 14.5 Å². The van der Waals surface area contributed by atoms with Gasteiger partial charge in [0, 0.05) is 6.54 Å². The summed E-state index contributed by atoms with van der Waals surface area (Å²) in [5.74, 6) is -0.817. The Labute approximate surface area is 128 Å². The summed E-state index contributed by atoms with van der Waals surface area (Å²) in [6.07, 6.45) is 0.0887. The maximum atomic E-state index is 13.7. The molecule has 0 aliphatic heterocycles. The number of nitrogens with zero attached hydrogens (tertiary/aromatic N) is 1. The first-order chi connectivity index (χ1) is 10.5. The second kappa shape index (κ2) is 6.90. The lowest BCUT2D eigenvalue weighted by molar-refractivity contribution is 0.242. The number of halogens is 2. The number of nitriles is 1. The highest BCUT2D eigenvalue weighted by Crippen LogP contribution is 2.22. The van der Waals surface area contributed by atoms with Crippen LogP contribution in [0.2, 0.25) is 0 Å². The minimum absolute atomic E-state index is 0.0456. The van der Waals surface area contributed by atoms with Crippen molar-refractivity contribution in [2.75, 3.05) is 5.32 Å². The van der Waals surface area contributed by atoms with Gasteiger partial charge in [-0.15, -0.1) is 0 Å². The number of benzene rings is 2. The van der Waals surface area contributed by atoms with E-state index in [0.717, 1.165) is 23.4 Å². The van der Waals surface area contributed by atoms with Crippen LogP contribution >= 0.6 is 0 Å². The summed E-state index contributed by atoms with van der Waals surface area (Å²) in [6.45, 7) is 4.14. The van der Waals surface area contributed by atoms with Crippen LogP contribution in [0, 0.1) is 23.0 Å². The first-order valence-corrected chi connectivity index (χ1v) is 6.88. The Morgan fingerprint density at radius 2 is 1.73 bits per heavy atom. The molecule has 114 valence electrons. The van der Waals surface area contributed by atoms with Gasteiger partial charge in [0.05, 0.1) is 17.7 Å². The maximum absolute atomic E-state index is 13.7. The number of nitrogens with one attached hydrogen (secondary N) is 1. The quantitative estimate of drug-likeness (QED) is 0.898. The fourth-order valence-electron chi connectivity index (χ4n) is 1.96. The van der Waals surface area contributed by atoms with Crippen molar-refractivity contribution in [1.29, 1.82) is 5.26 Å². The fourth-order valence-corrected chi connectivity index (χ4v) is 1.96. The van der Waals surface area contributed by atoms with Gasteiger partial charge < -0.3 is 10.1 Å². The molecule has 0 aliphatic carbocycles. The van der Waals surface area contributed by atoms with Crippen LogP contribution in [0.1, 0.15) is 25.0 Å². The maximum Gasteiger partial charge on any atom is 0.150 e. The monoisotopic (exact) mass is 302 g/mol. The molecule has 0 saturated carbocycles. The van der Waals surface area contributed by atoms with E-state index in [1.807, 2.05) is 38.1 Å². The number of anilines is 1. The summed E-state index contributed by atoms with van der Waals surface area (Å²) in [4.78, 5) is 0. The zero-order valence-corrected chi connectivity index (χ0v) is 12.4. The Kier molecular flexibility index (Phi) is 4.95. The molecule has 2 aromatic carbocycles. The normalized spacial score (nSPS) is 10.4. The number of hydrogen-bond donors (Lipinski definition) is 1. The fraction of sp³-hybridized carbons (Fsp3) is 0.235. The topological polar surface area (TPSA) is 45.0 Å². The zero-order chi connectivity index (χ0) is 16.1. The SMILES string of the molecule is CC(C)Oc1ccc(CNc2c(F)cc(C#N)cc2F)cc1. The molecule has 0 spiro atoms. The summed E-state index contributed by atoms with van der Waals surface area (Å²) in [6, 6.07) is 11.0. The summed E-state index contributed by atoms with van der Waals surface area (Å²) in [5.41, 5.74) is 0.580. The molecular weight excluding hydrogens is 286 g/mol. The van der Waals surface area contributed by atoms with Gasteiger partial charge in [0.1, 0.15) is 11.4 Å². The summed E-state index contributed by atoms with van der Waals surface area (Å²) in [5, 5.41) is 11.4. The number of ether oxygens (including phenoxy) is 1. The standard InChI is InChI=1S/C17H16F2N2O/c1-11(2)22-14-5-3-12(4-6-14)10-21-17-15(18)7-13(9-20)8-16(17)19/h3-8,11,21H,10H2,1-2H3. The second-order valence-corrected chi connectivity index (χ2v) is 5.09. The molecule has 0 radical (unpaired) electrons. The molecule has 22 heavy (non-hydrogen) atoms. The lowest BCUT2D eigenvalue weighted by Crippen LogP contribution is -2.06. The van der Waals surface area contributed by atoms with Crippen molar-refractivity contribution in [3.8, 4) is 11.8 Å². The van der Waals surface area contributed by atoms with Crippen LogP contribution in [0.15, 0.2) is 36.4 Å². The molecule has 3 nitrogen and oxygen atoms in total. The van der Waals surface area contributed by atoms with Crippen LogP contribution in [-0.4, -0.2) is 6.10 Å². The van der Waals surface area contributed by atoms with Gasteiger partial charge in [-0.05, 0) is 43.7 Å². The highest BCUT2D eigenvalue weighted by atomic mass is 19.1. The van der Waals surface area contributed by atoms with Gasteiger partial charge in [0.25, 0.3) is 0 Å². The molecule has 0 amide bonds. The minimum Gasteiger partial charge on any atom is -0.491 e. The third-order valence-corrected chi connectivity index (χ3v) is 2.94. The van der Waals surface area contributed by atoms with Gasteiger partial charge in [0.15, 0.2) is 11.6 Å². The average Bonchev–Trinajstić information content (AvgIpc) is 2.47. The van der Waals surface area contributed by atoms with E-state index in [9.17, 15) is 8.78 Å². The van der Waals surface area contributed by atoms with Gasteiger partial charge >= 0.3 is 0 Å². The largest absolute Gasteiger partial charge is 0.491 e. The van der Waals surface area contributed by atoms with Crippen molar-refractivity contribution in [3.63, 3.8) is 0 Å². The van der Waals surface area contributed by atoms with Crippen LogP contribution in [0.25, 0.3) is 0 Å². The van der Waals surface area contributed by atoms with E-state index in [4.69, 9.17) is 10.00 Å². The van der Waals surface area contributed by atoms with Crippen LogP contribution in [0.5, 0.6) is 5.75 Å². The molecule has 2 aromatic rings.